The highest BCUT2D eigenvalue weighted by Crippen LogP contribution is 2.35. The van der Waals surface area contributed by atoms with E-state index in [1.165, 1.54) is 6.07 Å². The van der Waals surface area contributed by atoms with Crippen LogP contribution in [0.3, 0.4) is 0 Å². The van der Waals surface area contributed by atoms with Gasteiger partial charge in [-0.3, -0.25) is 9.56 Å². The van der Waals surface area contributed by atoms with E-state index in [0.29, 0.717) is 33.4 Å². The van der Waals surface area contributed by atoms with Crippen LogP contribution >= 0.6 is 11.6 Å². The molecule has 0 saturated carbocycles. The molecular formula is C25H16ClF3N4O2. The Morgan fingerprint density at radius 2 is 1.71 bits per heavy atom. The van der Waals surface area contributed by atoms with E-state index in [9.17, 15) is 18.0 Å². The van der Waals surface area contributed by atoms with Crippen LogP contribution in [0.1, 0.15) is 38.7 Å². The van der Waals surface area contributed by atoms with Gasteiger partial charge in [-0.25, -0.2) is 4.79 Å². The number of aliphatic imine (C=N–C) groups is 1. The van der Waals surface area contributed by atoms with Crippen LogP contribution in [0.25, 0.3) is 5.69 Å². The topological polar surface area (TPSA) is 69.4 Å². The third-order valence-electron chi connectivity index (χ3n) is 5.47. The molecule has 4 aromatic rings. The number of benzene rings is 3. The number of hydrogen-bond acceptors (Lipinski definition) is 5. The van der Waals surface area contributed by atoms with Gasteiger partial charge in [0.15, 0.2) is 18.3 Å². The molecule has 0 amide bonds. The second-order valence-corrected chi connectivity index (χ2v) is 8.09. The Morgan fingerprint density at radius 3 is 2.46 bits per heavy atom. The first-order valence-electron chi connectivity index (χ1n) is 10.5. The van der Waals surface area contributed by atoms with Crippen LogP contribution in [0.2, 0.25) is 5.02 Å². The maximum absolute atomic E-state index is 13.6. The number of hydrogen-bond donors (Lipinski definition) is 0. The Balaban J connectivity index is 1.59. The van der Waals surface area contributed by atoms with Gasteiger partial charge in [-0.1, -0.05) is 48.0 Å². The van der Waals surface area contributed by atoms with Crippen LogP contribution in [-0.4, -0.2) is 26.4 Å². The lowest BCUT2D eigenvalue weighted by atomic mass is 9.98. The fraction of sp³-hybridized carbons (Fsp3) is 0.120. The number of ether oxygens (including phenoxy) is 1. The van der Waals surface area contributed by atoms with E-state index in [1.54, 1.807) is 59.2 Å². The van der Waals surface area contributed by atoms with E-state index in [4.69, 9.17) is 16.3 Å². The summed E-state index contributed by atoms with van der Waals surface area (Å²) >= 11 is 6.37. The van der Waals surface area contributed by atoms with Crippen LogP contribution in [0.15, 0.2) is 77.8 Å². The smallest absolute Gasteiger partial charge is 0.416 e. The lowest BCUT2D eigenvalue weighted by Crippen LogP contribution is -2.14. The van der Waals surface area contributed by atoms with Crippen molar-refractivity contribution in [1.82, 2.24) is 14.8 Å². The van der Waals surface area contributed by atoms with E-state index in [-0.39, 0.29) is 24.5 Å². The normalized spacial score (nSPS) is 12.9. The quantitative estimate of drug-likeness (QED) is 0.342. The summed E-state index contributed by atoms with van der Waals surface area (Å²) < 4.78 is 47.8. The Morgan fingerprint density at radius 1 is 0.971 bits per heavy atom. The Bertz CT molecular complexity index is 1450. The van der Waals surface area contributed by atoms with Crippen LogP contribution in [0.4, 0.5) is 13.2 Å². The first-order valence-corrected chi connectivity index (χ1v) is 10.9. The maximum Gasteiger partial charge on any atom is 0.416 e. The lowest BCUT2D eigenvalue weighted by Gasteiger charge is -2.16. The molecule has 0 spiro atoms. The van der Waals surface area contributed by atoms with Crippen LogP contribution < -0.4 is 0 Å². The van der Waals surface area contributed by atoms with Gasteiger partial charge in [0.1, 0.15) is 6.54 Å². The van der Waals surface area contributed by atoms with E-state index in [2.05, 4.69) is 15.2 Å². The number of carbonyl (C=O) groups excluding carboxylic acids is 1. The van der Waals surface area contributed by atoms with Crippen molar-refractivity contribution < 1.29 is 22.7 Å². The molecule has 0 saturated heterocycles. The standard InChI is InChI=1S/C25H16ClF3N4O2/c26-19-9-5-4-8-17(19)23-18-12-16(25(27,28)29)10-11-20(18)33-21(13-30-23)31-32-22(33)14-35-24(34)15-6-2-1-3-7-15/h1-12H,13-14H2. The molecule has 0 fully saturated rings. The number of halogens is 4. The third kappa shape index (κ3) is 4.42. The molecule has 0 unspecified atom stereocenters. The van der Waals surface area contributed by atoms with Crippen molar-refractivity contribution in [2.45, 2.75) is 19.3 Å². The number of aromatic nitrogens is 3. The Kier molecular flexibility index (Phi) is 5.86. The van der Waals surface area contributed by atoms with Gasteiger partial charge < -0.3 is 4.74 Å². The monoisotopic (exact) mass is 496 g/mol. The number of carbonyl (C=O) groups is 1. The van der Waals surface area contributed by atoms with Gasteiger partial charge in [0.25, 0.3) is 0 Å². The summed E-state index contributed by atoms with van der Waals surface area (Å²) in [6, 6.07) is 18.6. The number of nitrogens with zero attached hydrogens (tertiary/aromatic N) is 4. The highest BCUT2D eigenvalue weighted by atomic mass is 35.5. The number of fused-ring (bicyclic) bond motifs is 3. The van der Waals surface area contributed by atoms with Crippen LogP contribution in [-0.2, 0) is 24.1 Å². The van der Waals surface area contributed by atoms with Crippen LogP contribution in [0, 0.1) is 0 Å². The van der Waals surface area contributed by atoms with Crippen molar-refractivity contribution >= 4 is 23.3 Å². The molecule has 10 heteroatoms. The molecule has 6 nitrogen and oxygen atoms in total. The van der Waals surface area contributed by atoms with Gasteiger partial charge in [-0.05, 0) is 36.4 Å². The first-order chi connectivity index (χ1) is 16.8. The summed E-state index contributed by atoms with van der Waals surface area (Å²) in [5.41, 5.74) is 0.911. The summed E-state index contributed by atoms with van der Waals surface area (Å²) in [6.45, 7) is -0.196. The minimum absolute atomic E-state index is 0.0379. The predicted molar refractivity (Wildman–Crippen MR) is 123 cm³/mol. The molecule has 1 aliphatic heterocycles. The minimum atomic E-state index is -4.56. The van der Waals surface area contributed by atoms with E-state index >= 15 is 0 Å². The Labute approximate surface area is 202 Å². The zero-order valence-electron chi connectivity index (χ0n) is 18.0. The molecule has 0 radical (unpaired) electrons. The maximum atomic E-state index is 13.6. The molecule has 2 heterocycles. The predicted octanol–water partition coefficient (Wildman–Crippen LogP) is 5.65. The molecule has 176 valence electrons. The molecule has 0 bridgehead atoms. The van der Waals surface area contributed by atoms with Crippen molar-refractivity contribution in [3.8, 4) is 5.69 Å². The van der Waals surface area contributed by atoms with Crippen molar-refractivity contribution in [3.05, 3.63) is 112 Å². The van der Waals surface area contributed by atoms with Crippen molar-refractivity contribution in [2.75, 3.05) is 0 Å². The summed E-state index contributed by atoms with van der Waals surface area (Å²) in [6.07, 6.45) is -4.56. The molecule has 0 aliphatic carbocycles. The molecule has 35 heavy (non-hydrogen) atoms. The lowest BCUT2D eigenvalue weighted by molar-refractivity contribution is -0.137. The van der Waals surface area contributed by atoms with Gasteiger partial charge in [0.2, 0.25) is 0 Å². The van der Waals surface area contributed by atoms with Crippen molar-refractivity contribution in [3.63, 3.8) is 0 Å². The fourth-order valence-corrected chi connectivity index (χ4v) is 4.06. The number of alkyl halides is 3. The van der Waals surface area contributed by atoms with Gasteiger partial charge in [0.05, 0.1) is 22.5 Å². The van der Waals surface area contributed by atoms with Crippen molar-refractivity contribution in [2.24, 2.45) is 4.99 Å². The van der Waals surface area contributed by atoms with E-state index in [0.717, 1.165) is 12.1 Å². The van der Waals surface area contributed by atoms with Crippen LogP contribution in [0.5, 0.6) is 0 Å². The highest BCUT2D eigenvalue weighted by molar-refractivity contribution is 6.35. The molecular weight excluding hydrogens is 481 g/mol. The van der Waals surface area contributed by atoms with E-state index < -0.39 is 17.7 Å². The molecule has 0 N–H and O–H groups in total. The third-order valence-corrected chi connectivity index (χ3v) is 5.80. The molecule has 3 aromatic carbocycles. The molecule has 1 aromatic heterocycles. The second-order valence-electron chi connectivity index (χ2n) is 7.68. The number of rotatable bonds is 4. The zero-order valence-corrected chi connectivity index (χ0v) is 18.7. The largest absolute Gasteiger partial charge is 0.454 e. The number of esters is 1. The van der Waals surface area contributed by atoms with Gasteiger partial charge in [0, 0.05) is 16.1 Å². The minimum Gasteiger partial charge on any atom is -0.454 e. The average Bonchev–Trinajstić information content (AvgIpc) is 3.18. The molecule has 5 rings (SSSR count). The summed E-state index contributed by atoms with van der Waals surface area (Å²) in [4.78, 5) is 17.0. The van der Waals surface area contributed by atoms with Gasteiger partial charge >= 0.3 is 12.1 Å². The average molecular weight is 497 g/mol. The zero-order chi connectivity index (χ0) is 24.6. The highest BCUT2D eigenvalue weighted by Gasteiger charge is 2.33. The SMILES string of the molecule is O=C(OCc1nnc2n1-c1ccc(C(F)(F)F)cc1C(c1ccccc1Cl)=NC2)c1ccccc1. The summed E-state index contributed by atoms with van der Waals surface area (Å²) in [7, 11) is 0. The fourth-order valence-electron chi connectivity index (χ4n) is 3.83. The van der Waals surface area contributed by atoms with Crippen molar-refractivity contribution in [1.29, 1.82) is 0 Å². The Hall–Kier alpha value is -3.98. The summed E-state index contributed by atoms with van der Waals surface area (Å²) in [5, 5.41) is 8.61. The van der Waals surface area contributed by atoms with Gasteiger partial charge in [-0.2, -0.15) is 13.2 Å². The van der Waals surface area contributed by atoms with Gasteiger partial charge in [-0.15, -0.1) is 10.2 Å². The second kappa shape index (κ2) is 8.99. The summed E-state index contributed by atoms with van der Waals surface area (Å²) in [5.74, 6) is 0.0805. The molecule has 1 aliphatic rings. The van der Waals surface area contributed by atoms with E-state index in [1.807, 2.05) is 0 Å². The first kappa shape index (κ1) is 22.8. The molecule has 0 atom stereocenters.